The molecule has 0 aliphatic carbocycles. The Morgan fingerprint density at radius 2 is 1.09 bits per heavy atom. The van der Waals surface area contributed by atoms with E-state index in [1.807, 2.05) is 0 Å². The van der Waals surface area contributed by atoms with Crippen molar-refractivity contribution in [1.82, 2.24) is 0 Å². The summed E-state index contributed by atoms with van der Waals surface area (Å²) in [6.45, 7) is 24.5. The summed E-state index contributed by atoms with van der Waals surface area (Å²) >= 11 is 0. The molecule has 0 fully saturated rings. The molecule has 0 heteroatoms. The van der Waals surface area contributed by atoms with Crippen molar-refractivity contribution in [2.75, 3.05) is 0 Å². The van der Waals surface area contributed by atoms with E-state index in [0.29, 0.717) is 0 Å². The fourth-order valence-electron chi connectivity index (χ4n) is 6.44. The molecule has 0 aromatic rings. The second-order valence-corrected chi connectivity index (χ2v) is 12.3. The summed E-state index contributed by atoms with van der Waals surface area (Å²) < 4.78 is 0. The van der Waals surface area contributed by atoms with Crippen molar-refractivity contribution < 1.29 is 0 Å². The summed E-state index contributed by atoms with van der Waals surface area (Å²) in [4.78, 5) is 0. The quantitative estimate of drug-likeness (QED) is 0.163. The van der Waals surface area contributed by atoms with Crippen molar-refractivity contribution in [2.24, 2.45) is 47.3 Å². The number of rotatable bonds is 21. The first kappa shape index (κ1) is 32.0. The zero-order chi connectivity index (χ0) is 24.5. The molecule has 0 aliphatic heterocycles. The van der Waals surface area contributed by atoms with E-state index in [0.717, 1.165) is 47.3 Å². The monoisotopic (exact) mass is 451 g/mol. The van der Waals surface area contributed by atoms with Crippen LogP contribution in [0.3, 0.4) is 0 Å². The normalized spacial score (nSPS) is 18.8. The standard InChI is InChI=1S/C32H66/c1-11-16-19-30(21-20-25(6)7)24-29(14-4)22-27(9)28(10)23-31(15-5)32(18-13-3)26(8)17-12-2/h25-32H,11-24H2,1-10H3. The highest BCUT2D eigenvalue weighted by Gasteiger charge is 2.28. The molecule has 7 atom stereocenters. The Labute approximate surface area is 206 Å². The van der Waals surface area contributed by atoms with Gasteiger partial charge in [0.1, 0.15) is 0 Å². The first-order chi connectivity index (χ1) is 15.2. The van der Waals surface area contributed by atoms with Gasteiger partial charge in [-0.15, -0.1) is 0 Å². The number of hydrogen-bond acceptors (Lipinski definition) is 0. The van der Waals surface area contributed by atoms with Crippen LogP contribution < -0.4 is 0 Å². The molecule has 0 spiro atoms. The maximum atomic E-state index is 2.58. The minimum absolute atomic E-state index is 0.857. The first-order valence-corrected chi connectivity index (χ1v) is 15.2. The summed E-state index contributed by atoms with van der Waals surface area (Å²) in [6, 6.07) is 0. The molecule has 0 aliphatic rings. The van der Waals surface area contributed by atoms with Crippen molar-refractivity contribution in [3.8, 4) is 0 Å². The van der Waals surface area contributed by atoms with Gasteiger partial charge in [0.25, 0.3) is 0 Å². The smallest absolute Gasteiger partial charge is 0.0360 e. The molecule has 0 aromatic carbocycles. The van der Waals surface area contributed by atoms with Crippen molar-refractivity contribution in [3.05, 3.63) is 0 Å². The lowest BCUT2D eigenvalue weighted by atomic mass is 9.70. The van der Waals surface area contributed by atoms with Crippen LogP contribution in [0.25, 0.3) is 0 Å². The molecule has 0 N–H and O–H groups in total. The van der Waals surface area contributed by atoms with E-state index in [2.05, 4.69) is 69.2 Å². The van der Waals surface area contributed by atoms with E-state index < -0.39 is 0 Å². The van der Waals surface area contributed by atoms with Crippen LogP contribution in [-0.2, 0) is 0 Å². The second kappa shape index (κ2) is 19.3. The molecule has 0 radical (unpaired) electrons. The van der Waals surface area contributed by atoms with Gasteiger partial charge in [0.05, 0.1) is 0 Å². The van der Waals surface area contributed by atoms with Gasteiger partial charge in [-0.1, -0.05) is 140 Å². The van der Waals surface area contributed by atoms with Crippen molar-refractivity contribution in [3.63, 3.8) is 0 Å². The molecule has 32 heavy (non-hydrogen) atoms. The lowest BCUT2D eigenvalue weighted by Gasteiger charge is -2.35. The van der Waals surface area contributed by atoms with Crippen molar-refractivity contribution in [1.29, 1.82) is 0 Å². The van der Waals surface area contributed by atoms with E-state index in [1.54, 1.807) is 0 Å². The topological polar surface area (TPSA) is 0 Å². The van der Waals surface area contributed by atoms with Gasteiger partial charge in [0, 0.05) is 0 Å². The van der Waals surface area contributed by atoms with Crippen LogP contribution in [0.15, 0.2) is 0 Å². The maximum Gasteiger partial charge on any atom is -0.0360 e. The Bertz CT molecular complexity index is 397. The molecule has 0 amide bonds. The van der Waals surface area contributed by atoms with Gasteiger partial charge in [-0.2, -0.15) is 0 Å². The summed E-state index contributed by atoms with van der Waals surface area (Å²) in [6.07, 6.45) is 19.9. The summed E-state index contributed by atoms with van der Waals surface area (Å²) in [5.74, 6) is 7.27. The molecule has 0 heterocycles. The van der Waals surface area contributed by atoms with Gasteiger partial charge in [0.2, 0.25) is 0 Å². The molecule has 0 aromatic heterocycles. The molecule has 0 saturated heterocycles. The number of hydrogen-bond donors (Lipinski definition) is 0. The Morgan fingerprint density at radius 3 is 1.59 bits per heavy atom. The van der Waals surface area contributed by atoms with Crippen molar-refractivity contribution in [2.45, 2.75) is 159 Å². The molecule has 0 nitrogen and oxygen atoms in total. The Hall–Kier alpha value is 0. The highest BCUT2D eigenvalue weighted by atomic mass is 14.3. The predicted octanol–water partition coefficient (Wildman–Crippen LogP) is 11.6. The Balaban J connectivity index is 4.96. The highest BCUT2D eigenvalue weighted by Crippen LogP contribution is 2.38. The van der Waals surface area contributed by atoms with E-state index in [9.17, 15) is 0 Å². The van der Waals surface area contributed by atoms with Gasteiger partial charge in [-0.05, 0) is 66.6 Å². The van der Waals surface area contributed by atoms with Crippen LogP contribution >= 0.6 is 0 Å². The molecule has 0 bridgehead atoms. The van der Waals surface area contributed by atoms with Gasteiger partial charge >= 0.3 is 0 Å². The minimum Gasteiger partial charge on any atom is -0.0654 e. The van der Waals surface area contributed by atoms with Gasteiger partial charge < -0.3 is 0 Å². The zero-order valence-corrected chi connectivity index (χ0v) is 24.5. The van der Waals surface area contributed by atoms with Gasteiger partial charge in [-0.25, -0.2) is 0 Å². The van der Waals surface area contributed by atoms with Crippen LogP contribution in [0.4, 0.5) is 0 Å². The van der Waals surface area contributed by atoms with Crippen LogP contribution in [0.2, 0.25) is 0 Å². The largest absolute Gasteiger partial charge is 0.0654 e. The Morgan fingerprint density at radius 1 is 0.469 bits per heavy atom. The summed E-state index contributed by atoms with van der Waals surface area (Å²) in [5.41, 5.74) is 0. The van der Waals surface area contributed by atoms with E-state index >= 15 is 0 Å². The minimum atomic E-state index is 0.857. The van der Waals surface area contributed by atoms with Crippen LogP contribution in [0.5, 0.6) is 0 Å². The third-order valence-electron chi connectivity index (χ3n) is 8.94. The second-order valence-electron chi connectivity index (χ2n) is 12.3. The van der Waals surface area contributed by atoms with E-state index in [1.165, 1.54) is 89.9 Å². The number of unbranched alkanes of at least 4 members (excludes halogenated alkanes) is 1. The highest BCUT2D eigenvalue weighted by molar-refractivity contribution is 4.79. The zero-order valence-electron chi connectivity index (χ0n) is 24.5. The first-order valence-electron chi connectivity index (χ1n) is 15.2. The third-order valence-corrected chi connectivity index (χ3v) is 8.94. The molecule has 7 unspecified atom stereocenters. The van der Waals surface area contributed by atoms with Gasteiger partial charge in [0.15, 0.2) is 0 Å². The molecule has 0 saturated carbocycles. The SMILES string of the molecule is CCCCC(CCC(C)C)CC(CC)CC(C)C(C)CC(CC)C(CCC)C(C)CCC. The summed E-state index contributed by atoms with van der Waals surface area (Å²) in [5, 5.41) is 0. The van der Waals surface area contributed by atoms with E-state index in [4.69, 9.17) is 0 Å². The average molecular weight is 451 g/mol. The Kier molecular flexibility index (Phi) is 19.3. The summed E-state index contributed by atoms with van der Waals surface area (Å²) in [7, 11) is 0. The molecular formula is C32H66. The lowest BCUT2D eigenvalue weighted by Crippen LogP contribution is -2.26. The lowest BCUT2D eigenvalue weighted by molar-refractivity contribution is 0.151. The molecular weight excluding hydrogens is 384 g/mol. The average Bonchev–Trinajstić information content (AvgIpc) is 2.76. The van der Waals surface area contributed by atoms with Crippen LogP contribution in [-0.4, -0.2) is 0 Å². The fraction of sp³-hybridized carbons (Fsp3) is 1.00. The predicted molar refractivity (Wildman–Crippen MR) is 149 cm³/mol. The van der Waals surface area contributed by atoms with Crippen LogP contribution in [0, 0.1) is 47.3 Å². The van der Waals surface area contributed by atoms with Crippen LogP contribution in [0.1, 0.15) is 159 Å². The van der Waals surface area contributed by atoms with Gasteiger partial charge in [-0.3, -0.25) is 0 Å². The molecule has 194 valence electrons. The third kappa shape index (κ3) is 13.6. The fourth-order valence-corrected chi connectivity index (χ4v) is 6.44. The van der Waals surface area contributed by atoms with E-state index in [-0.39, 0.29) is 0 Å². The molecule has 0 rings (SSSR count). The van der Waals surface area contributed by atoms with Crippen molar-refractivity contribution >= 4 is 0 Å². The maximum absolute atomic E-state index is 2.58.